The fraction of sp³-hybridized carbons (Fsp3) is 0.412. The van der Waals surface area contributed by atoms with E-state index in [-0.39, 0.29) is 17.6 Å². The molecule has 0 aliphatic carbocycles. The molecule has 1 saturated heterocycles. The Morgan fingerprint density at radius 1 is 1.23 bits per heavy atom. The molecule has 2 heterocycles. The molecule has 5 heteroatoms. The quantitative estimate of drug-likeness (QED) is 0.909. The van der Waals surface area contributed by atoms with Gasteiger partial charge < -0.3 is 14.9 Å². The Bertz CT molecular complexity index is 674. The van der Waals surface area contributed by atoms with Crippen LogP contribution in [-0.4, -0.2) is 33.4 Å². The van der Waals surface area contributed by atoms with Crippen LogP contribution in [0, 0.1) is 0 Å². The van der Waals surface area contributed by atoms with Crippen molar-refractivity contribution in [1.29, 1.82) is 0 Å². The number of imidazole rings is 1. The lowest BCUT2D eigenvalue weighted by Gasteiger charge is -2.35. The summed E-state index contributed by atoms with van der Waals surface area (Å²) in [4.78, 5) is 30.7. The highest BCUT2D eigenvalue weighted by atomic mass is 16.2. The van der Waals surface area contributed by atoms with E-state index in [9.17, 15) is 9.59 Å². The van der Waals surface area contributed by atoms with Gasteiger partial charge in [-0.1, -0.05) is 30.3 Å². The summed E-state index contributed by atoms with van der Waals surface area (Å²) in [5.41, 5.74) is 1.33. The highest BCUT2D eigenvalue weighted by Gasteiger charge is 2.27. The number of benzene rings is 1. The van der Waals surface area contributed by atoms with Crippen LogP contribution in [0.15, 0.2) is 41.3 Å². The lowest BCUT2D eigenvalue weighted by Crippen LogP contribution is -2.44. The minimum atomic E-state index is -0.332. The monoisotopic (exact) mass is 299 g/mol. The van der Waals surface area contributed by atoms with Crippen molar-refractivity contribution in [3.8, 4) is 0 Å². The maximum absolute atomic E-state index is 12.6. The maximum atomic E-state index is 12.6. The molecule has 3 rings (SSSR count). The lowest BCUT2D eigenvalue weighted by atomic mass is 9.95. The van der Waals surface area contributed by atoms with Crippen LogP contribution in [0.25, 0.3) is 0 Å². The van der Waals surface area contributed by atoms with Crippen LogP contribution in [0.2, 0.25) is 0 Å². The molecule has 2 aromatic rings. The van der Waals surface area contributed by atoms with E-state index in [0.717, 1.165) is 38.6 Å². The van der Waals surface area contributed by atoms with Crippen LogP contribution in [0.5, 0.6) is 0 Å². The standard InChI is InChI=1S/C17H21N3O2/c21-16(15-12-18-17(22)19-15)20-11-5-4-8-14(20)10-9-13-6-2-1-3-7-13/h1-3,6-7,12,14H,4-5,8-11H2,(H2,18,19,22)/t14-/m0/s1. The fourth-order valence-corrected chi connectivity index (χ4v) is 3.15. The van der Waals surface area contributed by atoms with Gasteiger partial charge in [0.2, 0.25) is 0 Å². The zero-order valence-corrected chi connectivity index (χ0v) is 12.5. The summed E-state index contributed by atoms with van der Waals surface area (Å²) in [5, 5.41) is 0. The van der Waals surface area contributed by atoms with E-state index in [4.69, 9.17) is 0 Å². The number of amides is 1. The zero-order chi connectivity index (χ0) is 15.4. The van der Waals surface area contributed by atoms with E-state index in [0.29, 0.717) is 5.69 Å². The molecule has 116 valence electrons. The van der Waals surface area contributed by atoms with E-state index in [1.165, 1.54) is 11.8 Å². The number of rotatable bonds is 4. The van der Waals surface area contributed by atoms with Gasteiger partial charge in [0.05, 0.1) is 0 Å². The molecule has 1 atom stereocenters. The Hall–Kier alpha value is -2.30. The predicted octanol–water partition coefficient (Wildman–Crippen LogP) is 2.33. The zero-order valence-electron chi connectivity index (χ0n) is 12.5. The molecule has 1 aliphatic heterocycles. The Morgan fingerprint density at radius 3 is 2.77 bits per heavy atom. The number of aryl methyl sites for hydroxylation is 1. The number of aromatic nitrogens is 2. The Kier molecular flexibility index (Phi) is 4.42. The van der Waals surface area contributed by atoms with Gasteiger partial charge in [0.15, 0.2) is 0 Å². The summed E-state index contributed by atoms with van der Waals surface area (Å²) in [6.07, 6.45) is 6.62. The SMILES string of the molecule is O=C(c1c[nH]c(=O)[nH]1)N1CCCC[C@H]1CCc1ccccc1. The molecule has 1 fully saturated rings. The minimum absolute atomic E-state index is 0.0730. The number of carbonyl (C=O) groups excluding carboxylic acids is 1. The number of likely N-dealkylation sites (tertiary alicyclic amines) is 1. The van der Waals surface area contributed by atoms with Crippen molar-refractivity contribution in [2.75, 3.05) is 6.54 Å². The molecule has 0 radical (unpaired) electrons. The van der Waals surface area contributed by atoms with Gasteiger partial charge in [-0.15, -0.1) is 0 Å². The topological polar surface area (TPSA) is 69.0 Å². The van der Waals surface area contributed by atoms with Crippen molar-refractivity contribution < 1.29 is 4.79 Å². The largest absolute Gasteiger partial charge is 0.334 e. The summed E-state index contributed by atoms with van der Waals surface area (Å²) in [6, 6.07) is 10.6. The van der Waals surface area contributed by atoms with E-state index in [2.05, 4.69) is 22.1 Å². The van der Waals surface area contributed by atoms with Crippen molar-refractivity contribution in [2.24, 2.45) is 0 Å². The second kappa shape index (κ2) is 6.64. The number of H-pyrrole nitrogens is 2. The van der Waals surface area contributed by atoms with Crippen LogP contribution < -0.4 is 5.69 Å². The fourth-order valence-electron chi connectivity index (χ4n) is 3.15. The number of nitrogens with one attached hydrogen (secondary N) is 2. The summed E-state index contributed by atoms with van der Waals surface area (Å²) >= 11 is 0. The second-order valence-electron chi connectivity index (χ2n) is 5.83. The van der Waals surface area contributed by atoms with Crippen LogP contribution in [0.3, 0.4) is 0 Å². The summed E-state index contributed by atoms with van der Waals surface area (Å²) in [6.45, 7) is 0.769. The maximum Gasteiger partial charge on any atom is 0.323 e. The van der Waals surface area contributed by atoms with Gasteiger partial charge in [-0.05, 0) is 37.7 Å². The minimum Gasteiger partial charge on any atom is -0.334 e. The molecule has 22 heavy (non-hydrogen) atoms. The van der Waals surface area contributed by atoms with Crippen LogP contribution >= 0.6 is 0 Å². The number of hydrogen-bond donors (Lipinski definition) is 2. The van der Waals surface area contributed by atoms with Gasteiger partial charge in [-0.2, -0.15) is 0 Å². The van der Waals surface area contributed by atoms with Crippen LogP contribution in [0.1, 0.15) is 41.7 Å². The molecule has 1 aliphatic rings. The van der Waals surface area contributed by atoms with E-state index >= 15 is 0 Å². The van der Waals surface area contributed by atoms with Gasteiger partial charge in [0.25, 0.3) is 5.91 Å². The highest BCUT2D eigenvalue weighted by Crippen LogP contribution is 2.22. The third-order valence-corrected chi connectivity index (χ3v) is 4.32. The molecule has 0 spiro atoms. The highest BCUT2D eigenvalue weighted by molar-refractivity contribution is 5.92. The van der Waals surface area contributed by atoms with Crippen molar-refractivity contribution in [3.05, 3.63) is 58.3 Å². The third-order valence-electron chi connectivity index (χ3n) is 4.32. The van der Waals surface area contributed by atoms with Crippen LogP contribution in [-0.2, 0) is 6.42 Å². The Balaban J connectivity index is 1.68. The average molecular weight is 299 g/mol. The smallest absolute Gasteiger partial charge is 0.323 e. The molecule has 0 unspecified atom stereocenters. The number of nitrogens with zero attached hydrogens (tertiary/aromatic N) is 1. The molecule has 1 aromatic heterocycles. The third kappa shape index (κ3) is 3.30. The first kappa shape index (κ1) is 14.6. The van der Waals surface area contributed by atoms with Gasteiger partial charge in [-0.25, -0.2) is 4.79 Å². The summed E-state index contributed by atoms with van der Waals surface area (Å²) < 4.78 is 0. The van der Waals surface area contributed by atoms with Crippen LogP contribution in [0.4, 0.5) is 0 Å². The number of hydrogen-bond acceptors (Lipinski definition) is 2. The number of piperidine rings is 1. The van der Waals surface area contributed by atoms with Crippen molar-refractivity contribution in [1.82, 2.24) is 14.9 Å². The Labute approximate surface area is 129 Å². The van der Waals surface area contributed by atoms with Crippen molar-refractivity contribution in [2.45, 2.75) is 38.1 Å². The first-order chi connectivity index (χ1) is 10.7. The Morgan fingerprint density at radius 2 is 2.05 bits per heavy atom. The molecule has 1 amide bonds. The van der Waals surface area contributed by atoms with E-state index in [1.807, 2.05) is 23.1 Å². The number of carbonyl (C=O) groups is 1. The molecule has 0 bridgehead atoms. The van der Waals surface area contributed by atoms with Gasteiger partial charge in [-0.3, -0.25) is 4.79 Å². The van der Waals surface area contributed by atoms with Crippen molar-refractivity contribution >= 4 is 5.91 Å². The molecule has 5 nitrogen and oxygen atoms in total. The molecule has 1 aromatic carbocycles. The molecule has 0 saturated carbocycles. The van der Waals surface area contributed by atoms with Crippen molar-refractivity contribution in [3.63, 3.8) is 0 Å². The lowest BCUT2D eigenvalue weighted by molar-refractivity contribution is 0.0596. The summed E-state index contributed by atoms with van der Waals surface area (Å²) in [7, 11) is 0. The molecular formula is C17H21N3O2. The first-order valence-electron chi connectivity index (χ1n) is 7.86. The van der Waals surface area contributed by atoms with Gasteiger partial charge in [0.1, 0.15) is 5.69 Å². The van der Waals surface area contributed by atoms with Gasteiger partial charge >= 0.3 is 5.69 Å². The molecule has 2 N–H and O–H groups in total. The predicted molar refractivity (Wildman–Crippen MR) is 84.9 cm³/mol. The van der Waals surface area contributed by atoms with Gasteiger partial charge in [0, 0.05) is 18.8 Å². The van der Waals surface area contributed by atoms with E-state index in [1.54, 1.807) is 0 Å². The molecular weight excluding hydrogens is 278 g/mol. The summed E-state index contributed by atoms with van der Waals surface area (Å²) in [5.74, 6) is -0.0730. The first-order valence-corrected chi connectivity index (χ1v) is 7.86. The normalized spacial score (nSPS) is 18.4. The average Bonchev–Trinajstić information content (AvgIpc) is 3.00. The van der Waals surface area contributed by atoms with E-state index < -0.39 is 0 Å². The second-order valence-corrected chi connectivity index (χ2v) is 5.83. The number of aromatic amines is 2.